The number of methoxy groups -OCH3 is 1. The van der Waals surface area contributed by atoms with Gasteiger partial charge in [-0.1, -0.05) is 43.3 Å². The molecule has 0 fully saturated rings. The summed E-state index contributed by atoms with van der Waals surface area (Å²) in [5.41, 5.74) is 3.80. The first-order valence-corrected chi connectivity index (χ1v) is 10.3. The van der Waals surface area contributed by atoms with Gasteiger partial charge in [-0.05, 0) is 61.9 Å². The fourth-order valence-electron chi connectivity index (χ4n) is 3.37. The molecule has 0 saturated heterocycles. The summed E-state index contributed by atoms with van der Waals surface area (Å²) < 4.78 is 34.8. The molecule has 0 aliphatic heterocycles. The van der Waals surface area contributed by atoms with Crippen molar-refractivity contribution < 1.29 is 13.2 Å². The highest BCUT2D eigenvalue weighted by Gasteiger charge is 2.33. The number of nitrogens with one attached hydrogen (secondary N) is 1. The smallest absolute Gasteiger partial charge is 0.241 e. The number of benzene rings is 2. The number of aryl methyl sites for hydroxylation is 2. The van der Waals surface area contributed by atoms with Crippen LogP contribution in [0.25, 0.3) is 0 Å². The first-order valence-electron chi connectivity index (χ1n) is 8.86. The predicted octanol–water partition coefficient (Wildman–Crippen LogP) is 4.15. The van der Waals surface area contributed by atoms with Gasteiger partial charge in [0.2, 0.25) is 10.0 Å². The van der Waals surface area contributed by atoms with Crippen molar-refractivity contribution in [3.8, 4) is 0 Å². The van der Waals surface area contributed by atoms with Crippen LogP contribution < -0.4 is 4.72 Å². The molecule has 26 heavy (non-hydrogen) atoms. The Kier molecular flexibility index (Phi) is 6.27. The Morgan fingerprint density at radius 3 is 2.00 bits per heavy atom. The average Bonchev–Trinajstić information content (AvgIpc) is 2.62. The molecule has 2 aromatic rings. The summed E-state index contributed by atoms with van der Waals surface area (Å²) in [7, 11) is -2.03. The van der Waals surface area contributed by atoms with Gasteiger partial charge >= 0.3 is 0 Å². The quantitative estimate of drug-likeness (QED) is 0.791. The first kappa shape index (κ1) is 20.6. The van der Waals surface area contributed by atoms with Crippen LogP contribution in [0.1, 0.15) is 41.2 Å². The van der Waals surface area contributed by atoms with Crippen molar-refractivity contribution in [2.75, 3.05) is 13.7 Å². The Labute approximate surface area is 157 Å². The minimum absolute atomic E-state index is 0.179. The maximum atomic E-state index is 13.1. The Balaban J connectivity index is 2.41. The maximum absolute atomic E-state index is 13.1. The third kappa shape index (κ3) is 3.85. The van der Waals surface area contributed by atoms with Gasteiger partial charge in [0.25, 0.3) is 0 Å². The molecule has 5 heteroatoms. The molecule has 142 valence electrons. The lowest BCUT2D eigenvalue weighted by Gasteiger charge is -2.32. The van der Waals surface area contributed by atoms with Crippen LogP contribution in [0.5, 0.6) is 0 Å². The summed E-state index contributed by atoms with van der Waals surface area (Å²) in [6.45, 7) is 9.77. The number of hydrogen-bond donors (Lipinski definition) is 1. The van der Waals surface area contributed by atoms with Gasteiger partial charge in [-0.25, -0.2) is 13.1 Å². The predicted molar refractivity (Wildman–Crippen MR) is 106 cm³/mol. The van der Waals surface area contributed by atoms with Crippen LogP contribution in [-0.4, -0.2) is 22.1 Å². The van der Waals surface area contributed by atoms with Gasteiger partial charge in [0, 0.05) is 13.7 Å². The highest BCUT2D eigenvalue weighted by atomic mass is 32.2. The van der Waals surface area contributed by atoms with Crippen LogP contribution in [-0.2, 0) is 20.4 Å². The zero-order chi connectivity index (χ0) is 19.5. The van der Waals surface area contributed by atoms with E-state index in [1.54, 1.807) is 7.11 Å². The van der Waals surface area contributed by atoms with Crippen molar-refractivity contribution in [3.05, 3.63) is 64.2 Å². The fourth-order valence-corrected chi connectivity index (χ4v) is 5.07. The fraction of sp³-hybridized carbons (Fsp3) is 0.429. The summed E-state index contributed by atoms with van der Waals surface area (Å²) in [6, 6.07) is 11.8. The molecule has 2 aromatic carbocycles. The molecule has 0 spiro atoms. The summed E-state index contributed by atoms with van der Waals surface area (Å²) >= 11 is 0. The lowest BCUT2D eigenvalue weighted by atomic mass is 9.91. The maximum Gasteiger partial charge on any atom is 0.241 e. The molecule has 0 saturated carbocycles. The molecule has 1 unspecified atom stereocenters. The van der Waals surface area contributed by atoms with Gasteiger partial charge in [-0.3, -0.25) is 0 Å². The van der Waals surface area contributed by atoms with E-state index < -0.39 is 15.6 Å². The highest BCUT2D eigenvalue weighted by Crippen LogP contribution is 2.30. The Hall–Kier alpha value is -1.69. The Morgan fingerprint density at radius 1 is 1.00 bits per heavy atom. The second-order valence-corrected chi connectivity index (χ2v) is 8.54. The molecule has 4 nitrogen and oxygen atoms in total. The molecule has 0 aliphatic carbocycles. The van der Waals surface area contributed by atoms with Crippen LogP contribution in [0.4, 0.5) is 0 Å². The van der Waals surface area contributed by atoms with Crippen LogP contribution in [0.3, 0.4) is 0 Å². The van der Waals surface area contributed by atoms with E-state index in [1.165, 1.54) is 0 Å². The van der Waals surface area contributed by atoms with Crippen molar-refractivity contribution in [1.82, 2.24) is 4.72 Å². The normalized spacial score (nSPS) is 14.2. The molecule has 1 N–H and O–H groups in total. The second kappa shape index (κ2) is 7.91. The van der Waals surface area contributed by atoms with Gasteiger partial charge in [-0.15, -0.1) is 0 Å². The van der Waals surface area contributed by atoms with Gasteiger partial charge in [-0.2, -0.15) is 0 Å². The molecule has 0 radical (unpaired) electrons. The molecular formula is C21H29NO3S. The number of sulfonamides is 1. The topological polar surface area (TPSA) is 55.4 Å². The first-order chi connectivity index (χ1) is 12.2. The molecule has 0 aliphatic rings. The van der Waals surface area contributed by atoms with E-state index in [4.69, 9.17) is 4.74 Å². The van der Waals surface area contributed by atoms with Gasteiger partial charge in [0.05, 0.1) is 4.90 Å². The summed E-state index contributed by atoms with van der Waals surface area (Å²) in [4.78, 5) is 0.379. The molecule has 0 amide bonds. The van der Waals surface area contributed by atoms with Gasteiger partial charge in [0.1, 0.15) is 5.60 Å². The number of hydrogen-bond acceptors (Lipinski definition) is 3. The molecule has 2 rings (SSSR count). The van der Waals surface area contributed by atoms with Crippen molar-refractivity contribution in [2.24, 2.45) is 0 Å². The minimum Gasteiger partial charge on any atom is -0.372 e. The molecule has 0 heterocycles. The average molecular weight is 376 g/mol. The van der Waals surface area contributed by atoms with Gasteiger partial charge in [0.15, 0.2) is 0 Å². The van der Waals surface area contributed by atoms with Crippen molar-refractivity contribution in [3.63, 3.8) is 0 Å². The third-order valence-electron chi connectivity index (χ3n) is 5.38. The van der Waals surface area contributed by atoms with Crippen molar-refractivity contribution in [1.29, 1.82) is 0 Å². The van der Waals surface area contributed by atoms with E-state index in [9.17, 15) is 8.42 Å². The van der Waals surface area contributed by atoms with E-state index in [1.807, 2.05) is 71.0 Å². The molecule has 0 bridgehead atoms. The lowest BCUT2D eigenvalue weighted by Crippen LogP contribution is -2.42. The molecule has 1 atom stereocenters. The zero-order valence-corrected chi connectivity index (χ0v) is 17.3. The SMILES string of the molecule is CCC(CNS(=O)(=O)c1c(C)c(C)cc(C)c1C)(OC)c1ccccc1. The van der Waals surface area contributed by atoms with Crippen molar-refractivity contribution >= 4 is 10.0 Å². The van der Waals surface area contributed by atoms with E-state index in [-0.39, 0.29) is 6.54 Å². The Morgan fingerprint density at radius 2 is 1.54 bits per heavy atom. The lowest BCUT2D eigenvalue weighted by molar-refractivity contribution is -0.0133. The summed E-state index contributed by atoms with van der Waals surface area (Å²) in [6.07, 6.45) is 0.654. The van der Waals surface area contributed by atoms with Crippen LogP contribution >= 0.6 is 0 Å². The van der Waals surface area contributed by atoms with E-state index in [0.717, 1.165) is 27.8 Å². The van der Waals surface area contributed by atoms with E-state index >= 15 is 0 Å². The number of rotatable bonds is 7. The minimum atomic E-state index is -3.66. The zero-order valence-electron chi connectivity index (χ0n) is 16.5. The van der Waals surface area contributed by atoms with E-state index in [0.29, 0.717) is 11.3 Å². The highest BCUT2D eigenvalue weighted by molar-refractivity contribution is 7.89. The largest absolute Gasteiger partial charge is 0.372 e. The molecule has 0 aromatic heterocycles. The second-order valence-electron chi connectivity index (χ2n) is 6.83. The number of ether oxygens (including phenoxy) is 1. The van der Waals surface area contributed by atoms with Crippen LogP contribution in [0.2, 0.25) is 0 Å². The third-order valence-corrected chi connectivity index (χ3v) is 7.05. The van der Waals surface area contributed by atoms with Crippen LogP contribution in [0.15, 0.2) is 41.3 Å². The Bertz CT molecular complexity index is 844. The monoisotopic (exact) mass is 375 g/mol. The summed E-state index contributed by atoms with van der Waals surface area (Å²) in [5, 5.41) is 0. The van der Waals surface area contributed by atoms with Crippen LogP contribution in [0, 0.1) is 27.7 Å². The molecular weight excluding hydrogens is 346 g/mol. The summed E-state index contributed by atoms with van der Waals surface area (Å²) in [5.74, 6) is 0. The van der Waals surface area contributed by atoms with Crippen molar-refractivity contribution in [2.45, 2.75) is 51.5 Å². The van der Waals surface area contributed by atoms with E-state index in [2.05, 4.69) is 4.72 Å². The standard InChI is InChI=1S/C21H29NO3S/c1-7-21(25-6,19-11-9-8-10-12-19)14-22-26(23,24)20-17(4)15(2)13-16(3)18(20)5/h8-13,22H,7,14H2,1-6H3. The van der Waals surface area contributed by atoms with Gasteiger partial charge < -0.3 is 4.74 Å².